The summed E-state index contributed by atoms with van der Waals surface area (Å²) in [7, 11) is 1.59. The summed E-state index contributed by atoms with van der Waals surface area (Å²) >= 11 is 1.79. The zero-order valence-corrected chi connectivity index (χ0v) is 17.1. The van der Waals surface area contributed by atoms with E-state index in [4.69, 9.17) is 4.74 Å². The third kappa shape index (κ3) is 3.83. The normalized spacial score (nSPS) is 18.1. The molecule has 4 rings (SSSR count). The zero-order chi connectivity index (χ0) is 20.4. The smallest absolute Gasteiger partial charge is 0.255 e. The average Bonchev–Trinajstić information content (AvgIpc) is 3.16. The van der Waals surface area contributed by atoms with Gasteiger partial charge in [0.1, 0.15) is 11.6 Å². The molecular weight excluding hydrogens is 391 g/mol. The number of thioether (sulfide) groups is 1. The number of rotatable bonds is 3. The monoisotopic (exact) mass is 414 g/mol. The van der Waals surface area contributed by atoms with E-state index < -0.39 is 5.82 Å². The van der Waals surface area contributed by atoms with Crippen LogP contribution in [0.5, 0.6) is 5.75 Å². The van der Waals surface area contributed by atoms with E-state index in [1.165, 1.54) is 12.1 Å². The molecule has 2 aromatic carbocycles. The Balaban J connectivity index is 1.48. The lowest BCUT2D eigenvalue weighted by molar-refractivity contribution is 0.0497. The number of benzene rings is 2. The molecule has 5 nitrogen and oxygen atoms in total. The number of piperidine rings is 1. The van der Waals surface area contributed by atoms with E-state index >= 15 is 0 Å². The van der Waals surface area contributed by atoms with Gasteiger partial charge in [-0.3, -0.25) is 9.59 Å². The van der Waals surface area contributed by atoms with Crippen molar-refractivity contribution in [1.29, 1.82) is 0 Å². The molecule has 2 amide bonds. The average molecular weight is 415 g/mol. The summed E-state index contributed by atoms with van der Waals surface area (Å²) in [5, 5.41) is 0. The molecule has 152 valence electrons. The number of hydrogen-bond acceptors (Lipinski definition) is 4. The highest BCUT2D eigenvalue weighted by Crippen LogP contribution is 2.44. The zero-order valence-electron chi connectivity index (χ0n) is 16.3. The molecule has 0 radical (unpaired) electrons. The molecular formula is C22H23FN2O3S. The molecule has 2 heterocycles. The highest BCUT2D eigenvalue weighted by molar-refractivity contribution is 8.00. The minimum atomic E-state index is -0.411. The number of halogens is 1. The standard InChI is InChI=1S/C22H23FN2O3S/c1-28-19-7-3-5-17(15-19)21(27)25-12-13-29-22(25)8-10-24(11-9-22)20(26)16-4-2-6-18(23)14-16/h2-7,14-15H,8-13H2,1H3. The molecule has 0 bridgehead atoms. The summed E-state index contributed by atoms with van der Waals surface area (Å²) < 4.78 is 18.7. The van der Waals surface area contributed by atoms with Gasteiger partial charge in [-0.25, -0.2) is 4.39 Å². The molecule has 0 N–H and O–H groups in total. The first kappa shape index (κ1) is 19.8. The second-order valence-electron chi connectivity index (χ2n) is 7.29. The van der Waals surface area contributed by atoms with Gasteiger partial charge in [-0.1, -0.05) is 12.1 Å². The summed E-state index contributed by atoms with van der Waals surface area (Å²) in [6.07, 6.45) is 1.41. The summed E-state index contributed by atoms with van der Waals surface area (Å²) in [5.41, 5.74) is 0.980. The van der Waals surface area contributed by atoms with Crippen molar-refractivity contribution >= 4 is 23.6 Å². The maximum atomic E-state index is 13.5. The first-order valence-corrected chi connectivity index (χ1v) is 10.7. The third-order valence-electron chi connectivity index (χ3n) is 5.64. The third-order valence-corrected chi connectivity index (χ3v) is 7.20. The van der Waals surface area contributed by atoms with Crippen LogP contribution in [0.3, 0.4) is 0 Å². The fourth-order valence-corrected chi connectivity index (χ4v) is 5.54. The molecule has 29 heavy (non-hydrogen) atoms. The molecule has 0 aliphatic carbocycles. The largest absolute Gasteiger partial charge is 0.497 e. The van der Waals surface area contributed by atoms with Gasteiger partial charge < -0.3 is 14.5 Å². The van der Waals surface area contributed by atoms with Crippen LogP contribution in [0.15, 0.2) is 48.5 Å². The lowest BCUT2D eigenvalue weighted by Crippen LogP contribution is -2.53. The molecule has 2 aliphatic rings. The minimum absolute atomic E-state index is 0.00110. The van der Waals surface area contributed by atoms with Crippen molar-refractivity contribution in [2.45, 2.75) is 17.7 Å². The summed E-state index contributed by atoms with van der Waals surface area (Å²) in [5.74, 6) is 0.970. The number of methoxy groups -OCH3 is 1. The second-order valence-corrected chi connectivity index (χ2v) is 8.74. The number of likely N-dealkylation sites (tertiary alicyclic amines) is 1. The molecule has 7 heteroatoms. The Bertz CT molecular complexity index is 928. The Hall–Kier alpha value is -2.54. The maximum Gasteiger partial charge on any atom is 0.255 e. The van der Waals surface area contributed by atoms with Crippen molar-refractivity contribution in [3.8, 4) is 5.75 Å². The van der Waals surface area contributed by atoms with Crippen molar-refractivity contribution < 1.29 is 18.7 Å². The van der Waals surface area contributed by atoms with Gasteiger partial charge in [0.2, 0.25) is 0 Å². The van der Waals surface area contributed by atoms with Crippen LogP contribution in [0.25, 0.3) is 0 Å². The van der Waals surface area contributed by atoms with Gasteiger partial charge in [-0.15, -0.1) is 11.8 Å². The van der Waals surface area contributed by atoms with Gasteiger partial charge in [0, 0.05) is 36.5 Å². The van der Waals surface area contributed by atoms with Crippen LogP contribution in [0.4, 0.5) is 4.39 Å². The lowest BCUT2D eigenvalue weighted by atomic mass is 10.00. The van der Waals surface area contributed by atoms with Gasteiger partial charge >= 0.3 is 0 Å². The number of carbonyl (C=O) groups excluding carboxylic acids is 2. The molecule has 0 saturated carbocycles. The van der Waals surface area contributed by atoms with Gasteiger partial charge in [-0.2, -0.15) is 0 Å². The predicted molar refractivity (Wildman–Crippen MR) is 111 cm³/mol. The molecule has 1 spiro atoms. The van der Waals surface area contributed by atoms with E-state index in [9.17, 15) is 14.0 Å². The SMILES string of the molecule is COc1cccc(C(=O)N2CCSC23CCN(C(=O)c2cccc(F)c2)CC3)c1. The molecule has 2 fully saturated rings. The Labute approximate surface area is 173 Å². The van der Waals surface area contributed by atoms with Crippen LogP contribution in [0.1, 0.15) is 33.6 Å². The maximum absolute atomic E-state index is 13.5. The van der Waals surface area contributed by atoms with Gasteiger partial charge in [0.05, 0.1) is 12.0 Å². The van der Waals surface area contributed by atoms with E-state index in [-0.39, 0.29) is 16.7 Å². The van der Waals surface area contributed by atoms with Crippen LogP contribution >= 0.6 is 11.8 Å². The van der Waals surface area contributed by atoms with Gasteiger partial charge in [-0.05, 0) is 49.2 Å². The van der Waals surface area contributed by atoms with Crippen LogP contribution in [0, 0.1) is 5.82 Å². The van der Waals surface area contributed by atoms with Crippen molar-refractivity contribution in [2.24, 2.45) is 0 Å². The topological polar surface area (TPSA) is 49.9 Å². The van der Waals surface area contributed by atoms with Gasteiger partial charge in [0.15, 0.2) is 0 Å². The fourth-order valence-electron chi connectivity index (χ4n) is 4.08. The van der Waals surface area contributed by atoms with Crippen molar-refractivity contribution in [1.82, 2.24) is 9.80 Å². The quantitative estimate of drug-likeness (QED) is 0.769. The van der Waals surface area contributed by atoms with Gasteiger partial charge in [0.25, 0.3) is 11.8 Å². The van der Waals surface area contributed by atoms with Crippen LogP contribution in [0.2, 0.25) is 0 Å². The molecule has 2 saturated heterocycles. The number of ether oxygens (including phenoxy) is 1. The molecule has 0 aromatic heterocycles. The Kier molecular flexibility index (Phi) is 5.50. The van der Waals surface area contributed by atoms with Crippen LogP contribution in [-0.2, 0) is 0 Å². The Morgan fingerprint density at radius 2 is 1.69 bits per heavy atom. The van der Waals surface area contributed by atoms with Crippen LogP contribution < -0.4 is 4.74 Å². The molecule has 2 aliphatic heterocycles. The van der Waals surface area contributed by atoms with Crippen molar-refractivity contribution in [3.05, 3.63) is 65.5 Å². The lowest BCUT2D eigenvalue weighted by Gasteiger charge is -2.44. The second kappa shape index (κ2) is 8.06. The molecule has 0 unspecified atom stereocenters. The van der Waals surface area contributed by atoms with E-state index in [1.807, 2.05) is 23.1 Å². The Morgan fingerprint density at radius 1 is 1.00 bits per heavy atom. The van der Waals surface area contributed by atoms with E-state index in [0.717, 1.165) is 5.75 Å². The number of amides is 2. The first-order chi connectivity index (χ1) is 14.0. The molecule has 2 aromatic rings. The Morgan fingerprint density at radius 3 is 2.38 bits per heavy atom. The number of nitrogens with zero attached hydrogens (tertiary/aromatic N) is 2. The minimum Gasteiger partial charge on any atom is -0.497 e. The van der Waals surface area contributed by atoms with Crippen molar-refractivity contribution in [2.75, 3.05) is 32.5 Å². The van der Waals surface area contributed by atoms with E-state index in [1.54, 1.807) is 42.0 Å². The summed E-state index contributed by atoms with van der Waals surface area (Å²) in [6, 6.07) is 13.0. The number of carbonyl (C=O) groups is 2. The van der Waals surface area contributed by atoms with E-state index in [0.29, 0.717) is 49.4 Å². The molecule has 0 atom stereocenters. The summed E-state index contributed by atoms with van der Waals surface area (Å²) in [4.78, 5) is 29.3. The fraction of sp³-hybridized carbons (Fsp3) is 0.364. The highest BCUT2D eigenvalue weighted by atomic mass is 32.2. The van der Waals surface area contributed by atoms with Crippen molar-refractivity contribution in [3.63, 3.8) is 0 Å². The van der Waals surface area contributed by atoms with Crippen LogP contribution in [-0.4, -0.2) is 59.0 Å². The predicted octanol–water partition coefficient (Wildman–Crippen LogP) is 3.66. The van der Waals surface area contributed by atoms with E-state index in [2.05, 4.69) is 0 Å². The number of hydrogen-bond donors (Lipinski definition) is 0. The highest BCUT2D eigenvalue weighted by Gasteiger charge is 2.47. The summed E-state index contributed by atoms with van der Waals surface area (Å²) in [6.45, 7) is 1.78. The first-order valence-electron chi connectivity index (χ1n) is 9.67.